The third-order valence-corrected chi connectivity index (χ3v) is 6.26. The van der Waals surface area contributed by atoms with Gasteiger partial charge in [-0.1, -0.05) is 63.7 Å². The van der Waals surface area contributed by atoms with Crippen LogP contribution in [0.1, 0.15) is 44.7 Å². The molecule has 0 saturated heterocycles. The molecule has 2 heterocycles. The van der Waals surface area contributed by atoms with Crippen molar-refractivity contribution in [3.8, 4) is 0 Å². The number of amidine groups is 2. The average Bonchev–Trinajstić information content (AvgIpc) is 3.10. The summed E-state index contributed by atoms with van der Waals surface area (Å²) in [5, 5.41) is 3.41. The van der Waals surface area contributed by atoms with Crippen LogP contribution in [0.4, 0.5) is 11.4 Å². The Morgan fingerprint density at radius 3 is 2.48 bits per heavy atom. The molecule has 1 N–H and O–H groups in total. The van der Waals surface area contributed by atoms with Crippen molar-refractivity contribution in [1.29, 1.82) is 0 Å². The van der Waals surface area contributed by atoms with Gasteiger partial charge in [-0.3, -0.25) is 14.6 Å². The minimum absolute atomic E-state index is 0.0844. The Hall–Kier alpha value is -2.93. The lowest BCUT2D eigenvalue weighted by atomic mass is 10.0. The third-order valence-electron chi connectivity index (χ3n) is 5.32. The molecule has 6 nitrogen and oxygen atoms in total. The molecule has 7 heteroatoms. The summed E-state index contributed by atoms with van der Waals surface area (Å²) in [7, 11) is 0. The summed E-state index contributed by atoms with van der Waals surface area (Å²) in [5.74, 6) is 1.07. The summed E-state index contributed by atoms with van der Waals surface area (Å²) in [5.41, 5.74) is 3.59. The first-order chi connectivity index (χ1) is 14.8. The molecule has 2 aromatic carbocycles. The highest BCUT2D eigenvalue weighted by Gasteiger charge is 2.42. The van der Waals surface area contributed by atoms with Crippen molar-refractivity contribution in [2.24, 2.45) is 15.9 Å². The summed E-state index contributed by atoms with van der Waals surface area (Å²) >= 11 is 1.25. The minimum atomic E-state index is -0.430. The molecule has 0 bridgehead atoms. The second-order valence-corrected chi connectivity index (χ2v) is 9.28. The number of aliphatic imine (C=N–C) groups is 2. The molecule has 2 amide bonds. The number of hydrogen-bond acceptors (Lipinski definition) is 5. The molecule has 2 aliphatic rings. The van der Waals surface area contributed by atoms with E-state index in [0.717, 1.165) is 16.9 Å². The van der Waals surface area contributed by atoms with E-state index in [1.54, 1.807) is 4.90 Å². The summed E-state index contributed by atoms with van der Waals surface area (Å²) in [4.78, 5) is 36.5. The molecule has 0 aliphatic carbocycles. The van der Waals surface area contributed by atoms with Crippen LogP contribution >= 0.6 is 11.8 Å². The first-order valence-corrected chi connectivity index (χ1v) is 11.5. The van der Waals surface area contributed by atoms with Gasteiger partial charge in [0, 0.05) is 11.3 Å². The maximum atomic E-state index is 13.0. The fourth-order valence-corrected chi connectivity index (χ4v) is 4.38. The van der Waals surface area contributed by atoms with E-state index in [1.807, 2.05) is 62.4 Å². The molecule has 0 fully saturated rings. The second-order valence-electron chi connectivity index (χ2n) is 8.34. The predicted molar refractivity (Wildman–Crippen MR) is 127 cm³/mol. The maximum absolute atomic E-state index is 13.0. The number of nitrogens with one attached hydrogen (secondary N) is 1. The van der Waals surface area contributed by atoms with E-state index in [-0.39, 0.29) is 23.5 Å². The molecule has 2 aliphatic heterocycles. The number of carbonyl (C=O) groups excluding carboxylic acids is 2. The Labute approximate surface area is 186 Å². The van der Waals surface area contributed by atoms with Gasteiger partial charge in [-0.2, -0.15) is 0 Å². The van der Waals surface area contributed by atoms with Crippen LogP contribution in [0.5, 0.6) is 0 Å². The number of benzene rings is 2. The lowest BCUT2D eigenvalue weighted by Gasteiger charge is -2.25. The van der Waals surface area contributed by atoms with E-state index in [1.165, 1.54) is 17.3 Å². The molecular formula is C24H26N4O2S. The molecule has 0 saturated carbocycles. The Bertz CT molecular complexity index is 1070. The molecule has 0 radical (unpaired) electrons. The van der Waals surface area contributed by atoms with Gasteiger partial charge in [-0.15, -0.1) is 0 Å². The van der Waals surface area contributed by atoms with Crippen LogP contribution in [0.25, 0.3) is 0 Å². The Morgan fingerprint density at radius 1 is 1.10 bits per heavy atom. The van der Waals surface area contributed by atoms with Crippen LogP contribution in [0.3, 0.4) is 0 Å². The normalized spacial score (nSPS) is 17.4. The molecule has 0 unspecified atom stereocenters. The van der Waals surface area contributed by atoms with Gasteiger partial charge in [0.15, 0.2) is 5.17 Å². The number of para-hydroxylation sites is 1. The first-order valence-electron chi connectivity index (χ1n) is 10.5. The smallest absolute Gasteiger partial charge is 0.259 e. The van der Waals surface area contributed by atoms with E-state index in [4.69, 9.17) is 4.99 Å². The molecule has 0 spiro atoms. The van der Waals surface area contributed by atoms with Crippen LogP contribution in [0.15, 0.2) is 58.5 Å². The Kier molecular flexibility index (Phi) is 5.96. The number of nitrogens with zero attached hydrogens (tertiary/aromatic N) is 3. The maximum Gasteiger partial charge on any atom is 0.259 e. The molecule has 160 valence electrons. The third kappa shape index (κ3) is 4.28. The second kappa shape index (κ2) is 8.67. The number of thioether (sulfide) groups is 1. The van der Waals surface area contributed by atoms with Crippen molar-refractivity contribution in [3.63, 3.8) is 0 Å². The van der Waals surface area contributed by atoms with E-state index in [9.17, 15) is 9.59 Å². The van der Waals surface area contributed by atoms with Gasteiger partial charge in [-0.05, 0) is 41.7 Å². The Morgan fingerprint density at radius 2 is 1.81 bits per heavy atom. The van der Waals surface area contributed by atoms with Crippen LogP contribution in [-0.2, 0) is 9.59 Å². The summed E-state index contributed by atoms with van der Waals surface area (Å²) in [6, 6.07) is 15.1. The average molecular weight is 435 g/mol. The molecule has 2 aromatic rings. The minimum Gasteiger partial charge on any atom is -0.325 e. The zero-order chi connectivity index (χ0) is 22.1. The summed E-state index contributed by atoms with van der Waals surface area (Å²) in [6.45, 7) is 8.24. The van der Waals surface area contributed by atoms with Gasteiger partial charge in [-0.25, -0.2) is 9.89 Å². The van der Waals surface area contributed by atoms with Gasteiger partial charge >= 0.3 is 0 Å². The van der Waals surface area contributed by atoms with Gasteiger partial charge in [0.1, 0.15) is 11.9 Å². The number of amides is 2. The van der Waals surface area contributed by atoms with E-state index in [0.29, 0.717) is 16.9 Å². The highest BCUT2D eigenvalue weighted by atomic mass is 32.2. The zero-order valence-corrected chi connectivity index (χ0v) is 18.9. The van der Waals surface area contributed by atoms with E-state index >= 15 is 0 Å². The SMILES string of the molecule is CC(C)c1ccc(NC(=O)CSC2=Nc3ccccc3C3=N[C@@H](C(C)C)C(=O)N23)cc1. The number of fused-ring (bicyclic) bond motifs is 3. The van der Waals surface area contributed by atoms with Crippen molar-refractivity contribution < 1.29 is 9.59 Å². The molecule has 1 atom stereocenters. The van der Waals surface area contributed by atoms with Crippen molar-refractivity contribution >= 4 is 46.0 Å². The van der Waals surface area contributed by atoms with Gasteiger partial charge < -0.3 is 5.32 Å². The molecule has 0 aromatic heterocycles. The zero-order valence-electron chi connectivity index (χ0n) is 18.1. The monoisotopic (exact) mass is 434 g/mol. The fraction of sp³-hybridized carbons (Fsp3) is 0.333. The van der Waals surface area contributed by atoms with Gasteiger partial charge in [0.2, 0.25) is 5.91 Å². The van der Waals surface area contributed by atoms with E-state index in [2.05, 4.69) is 24.2 Å². The van der Waals surface area contributed by atoms with Crippen LogP contribution in [0.2, 0.25) is 0 Å². The molecule has 4 rings (SSSR count). The summed E-state index contributed by atoms with van der Waals surface area (Å²) < 4.78 is 0. The molecule has 31 heavy (non-hydrogen) atoms. The quantitative estimate of drug-likeness (QED) is 0.735. The number of carbonyl (C=O) groups is 2. The standard InChI is InChI=1S/C24H26N4O2S/c1-14(2)16-9-11-17(12-10-16)25-20(29)13-31-24-26-19-8-6-5-7-18(19)22-27-21(15(3)4)23(30)28(22)24/h5-12,14-15,21H,13H2,1-4H3,(H,25,29)/t21-/m0/s1. The number of rotatable bonds is 5. The molecular weight excluding hydrogens is 408 g/mol. The largest absolute Gasteiger partial charge is 0.325 e. The van der Waals surface area contributed by atoms with Crippen LogP contribution < -0.4 is 5.32 Å². The van der Waals surface area contributed by atoms with Crippen molar-refractivity contribution in [2.45, 2.75) is 39.7 Å². The number of anilines is 1. The fourth-order valence-electron chi connectivity index (χ4n) is 3.58. The van der Waals surface area contributed by atoms with Crippen molar-refractivity contribution in [3.05, 3.63) is 59.7 Å². The van der Waals surface area contributed by atoms with Gasteiger partial charge in [0.05, 0.1) is 11.4 Å². The summed E-state index contributed by atoms with van der Waals surface area (Å²) in [6.07, 6.45) is 0. The predicted octanol–water partition coefficient (Wildman–Crippen LogP) is 4.80. The Balaban J connectivity index is 1.50. The first kappa shape index (κ1) is 21.3. The van der Waals surface area contributed by atoms with Crippen LogP contribution in [-0.4, -0.2) is 39.5 Å². The van der Waals surface area contributed by atoms with Crippen LogP contribution in [0, 0.1) is 5.92 Å². The lowest BCUT2D eigenvalue weighted by molar-refractivity contribution is -0.125. The highest BCUT2D eigenvalue weighted by Crippen LogP contribution is 2.34. The lowest BCUT2D eigenvalue weighted by Crippen LogP contribution is -2.42. The van der Waals surface area contributed by atoms with Gasteiger partial charge in [0.25, 0.3) is 5.91 Å². The highest BCUT2D eigenvalue weighted by molar-refractivity contribution is 8.14. The topological polar surface area (TPSA) is 74.1 Å². The van der Waals surface area contributed by atoms with Crippen molar-refractivity contribution in [2.75, 3.05) is 11.1 Å². The number of hydrogen-bond donors (Lipinski definition) is 1. The van der Waals surface area contributed by atoms with Crippen molar-refractivity contribution in [1.82, 2.24) is 4.90 Å². The van der Waals surface area contributed by atoms with E-state index < -0.39 is 6.04 Å².